The summed E-state index contributed by atoms with van der Waals surface area (Å²) in [4.78, 5) is 12.8. The van der Waals surface area contributed by atoms with Crippen molar-refractivity contribution < 1.29 is 9.53 Å². The summed E-state index contributed by atoms with van der Waals surface area (Å²) in [7, 11) is 0. The highest BCUT2D eigenvalue weighted by atomic mass is 32.1. The lowest BCUT2D eigenvalue weighted by Gasteiger charge is -2.05. The minimum Gasteiger partial charge on any atom is -0.397 e. The van der Waals surface area contributed by atoms with E-state index in [-0.39, 0.29) is 5.91 Å². The SMILES string of the molecule is CCCOCCCNC(=O)c1sc2ccc(C)cc2c1N. The number of rotatable bonds is 7. The summed E-state index contributed by atoms with van der Waals surface area (Å²) in [6.07, 6.45) is 1.83. The van der Waals surface area contributed by atoms with Gasteiger partial charge in [0.2, 0.25) is 0 Å². The van der Waals surface area contributed by atoms with Gasteiger partial charge in [-0.2, -0.15) is 0 Å². The Morgan fingerprint density at radius 3 is 2.95 bits per heavy atom. The zero-order chi connectivity index (χ0) is 15.2. The Labute approximate surface area is 129 Å². The highest BCUT2D eigenvalue weighted by Gasteiger charge is 2.15. The van der Waals surface area contributed by atoms with Crippen molar-refractivity contribution in [3.8, 4) is 0 Å². The molecule has 1 amide bonds. The van der Waals surface area contributed by atoms with Crippen LogP contribution in [-0.2, 0) is 4.74 Å². The molecule has 114 valence electrons. The molecule has 0 fully saturated rings. The van der Waals surface area contributed by atoms with Crippen LogP contribution in [0.5, 0.6) is 0 Å². The molecule has 3 N–H and O–H groups in total. The van der Waals surface area contributed by atoms with E-state index in [9.17, 15) is 4.79 Å². The first-order chi connectivity index (χ1) is 10.1. The summed E-state index contributed by atoms with van der Waals surface area (Å²) >= 11 is 1.44. The van der Waals surface area contributed by atoms with Crippen LogP contribution >= 0.6 is 11.3 Å². The van der Waals surface area contributed by atoms with Crippen molar-refractivity contribution in [3.63, 3.8) is 0 Å². The van der Waals surface area contributed by atoms with Crippen molar-refractivity contribution >= 4 is 33.0 Å². The number of thiophene rings is 1. The van der Waals surface area contributed by atoms with Gasteiger partial charge in [-0.1, -0.05) is 18.6 Å². The summed E-state index contributed by atoms with van der Waals surface area (Å²) in [6.45, 7) is 6.15. The summed E-state index contributed by atoms with van der Waals surface area (Å²) in [6, 6.07) is 6.07. The van der Waals surface area contributed by atoms with E-state index in [1.54, 1.807) is 0 Å². The molecule has 0 saturated carbocycles. The lowest BCUT2D eigenvalue weighted by Crippen LogP contribution is -2.25. The van der Waals surface area contributed by atoms with E-state index < -0.39 is 0 Å². The molecular formula is C16H22N2O2S. The molecule has 5 heteroatoms. The third-order valence-corrected chi connectivity index (χ3v) is 4.37. The number of fused-ring (bicyclic) bond motifs is 1. The Balaban J connectivity index is 1.95. The number of anilines is 1. The van der Waals surface area contributed by atoms with Gasteiger partial charge in [0.1, 0.15) is 4.88 Å². The lowest BCUT2D eigenvalue weighted by atomic mass is 10.1. The van der Waals surface area contributed by atoms with E-state index in [4.69, 9.17) is 10.5 Å². The number of nitrogens with two attached hydrogens (primary N) is 1. The molecule has 0 aliphatic heterocycles. The van der Waals surface area contributed by atoms with Gasteiger partial charge >= 0.3 is 0 Å². The normalized spacial score (nSPS) is 11.0. The van der Waals surface area contributed by atoms with Crippen molar-refractivity contribution in [1.29, 1.82) is 0 Å². The molecule has 0 spiro atoms. The molecule has 0 radical (unpaired) electrons. The third-order valence-electron chi connectivity index (χ3n) is 3.19. The molecular weight excluding hydrogens is 284 g/mol. The maximum absolute atomic E-state index is 12.2. The fourth-order valence-corrected chi connectivity index (χ4v) is 3.12. The maximum Gasteiger partial charge on any atom is 0.263 e. The zero-order valence-electron chi connectivity index (χ0n) is 12.6. The molecule has 1 heterocycles. The predicted octanol–water partition coefficient (Wildman–Crippen LogP) is 3.34. The summed E-state index contributed by atoms with van der Waals surface area (Å²) < 4.78 is 6.43. The van der Waals surface area contributed by atoms with Gasteiger partial charge in [0.25, 0.3) is 5.91 Å². The Morgan fingerprint density at radius 1 is 1.38 bits per heavy atom. The Morgan fingerprint density at radius 2 is 2.19 bits per heavy atom. The molecule has 0 atom stereocenters. The average Bonchev–Trinajstić information content (AvgIpc) is 2.79. The lowest BCUT2D eigenvalue weighted by molar-refractivity contribution is 0.0946. The predicted molar refractivity (Wildman–Crippen MR) is 89.0 cm³/mol. The van der Waals surface area contributed by atoms with Crippen molar-refractivity contribution in [2.24, 2.45) is 0 Å². The van der Waals surface area contributed by atoms with Crippen molar-refractivity contribution in [1.82, 2.24) is 5.32 Å². The number of aryl methyl sites for hydroxylation is 1. The van der Waals surface area contributed by atoms with Crippen LogP contribution < -0.4 is 11.1 Å². The third kappa shape index (κ3) is 3.95. The van der Waals surface area contributed by atoms with Gasteiger partial charge in [-0.3, -0.25) is 4.79 Å². The molecule has 21 heavy (non-hydrogen) atoms. The van der Waals surface area contributed by atoms with E-state index in [1.165, 1.54) is 11.3 Å². The number of nitrogens with one attached hydrogen (secondary N) is 1. The van der Waals surface area contributed by atoms with Crippen LogP contribution in [0.15, 0.2) is 18.2 Å². The molecule has 2 rings (SSSR count). The van der Waals surface area contributed by atoms with Gasteiger partial charge < -0.3 is 15.8 Å². The largest absolute Gasteiger partial charge is 0.397 e. The van der Waals surface area contributed by atoms with Crippen LogP contribution in [-0.4, -0.2) is 25.7 Å². The molecule has 1 aromatic heterocycles. The van der Waals surface area contributed by atoms with Gasteiger partial charge in [0.15, 0.2) is 0 Å². The Kier molecular flexibility index (Phi) is 5.59. The van der Waals surface area contributed by atoms with E-state index >= 15 is 0 Å². The zero-order valence-corrected chi connectivity index (χ0v) is 13.4. The first kappa shape index (κ1) is 15.8. The van der Waals surface area contributed by atoms with E-state index in [1.807, 2.05) is 25.1 Å². The molecule has 4 nitrogen and oxygen atoms in total. The molecule has 0 unspecified atom stereocenters. The number of hydrogen-bond acceptors (Lipinski definition) is 4. The summed E-state index contributed by atoms with van der Waals surface area (Å²) in [5.41, 5.74) is 7.83. The number of ether oxygens (including phenoxy) is 1. The van der Waals surface area contributed by atoms with E-state index in [0.717, 1.165) is 35.1 Å². The fraction of sp³-hybridized carbons (Fsp3) is 0.438. The highest BCUT2D eigenvalue weighted by molar-refractivity contribution is 7.21. The Hall–Kier alpha value is -1.59. The maximum atomic E-state index is 12.2. The second-order valence-corrected chi connectivity index (χ2v) is 6.12. The van der Waals surface area contributed by atoms with Crippen molar-refractivity contribution in [2.45, 2.75) is 26.7 Å². The molecule has 2 aromatic rings. The highest BCUT2D eigenvalue weighted by Crippen LogP contribution is 2.34. The number of carbonyl (C=O) groups is 1. The summed E-state index contributed by atoms with van der Waals surface area (Å²) in [5.74, 6) is -0.0955. The van der Waals surface area contributed by atoms with Gasteiger partial charge in [-0.15, -0.1) is 11.3 Å². The van der Waals surface area contributed by atoms with Crippen LogP contribution in [0.2, 0.25) is 0 Å². The van der Waals surface area contributed by atoms with Crippen molar-refractivity contribution in [3.05, 3.63) is 28.6 Å². The molecule has 0 aliphatic carbocycles. The number of benzene rings is 1. The second-order valence-electron chi connectivity index (χ2n) is 5.07. The molecule has 1 aromatic carbocycles. The quantitative estimate of drug-likeness (QED) is 0.771. The smallest absolute Gasteiger partial charge is 0.263 e. The number of carbonyl (C=O) groups excluding carboxylic acids is 1. The van der Waals surface area contributed by atoms with Crippen LogP contribution in [0.4, 0.5) is 5.69 Å². The van der Waals surface area contributed by atoms with E-state index in [2.05, 4.69) is 12.2 Å². The minimum atomic E-state index is -0.0955. The van der Waals surface area contributed by atoms with Crippen LogP contribution in [0.3, 0.4) is 0 Å². The van der Waals surface area contributed by atoms with Gasteiger partial charge in [0.05, 0.1) is 5.69 Å². The number of amides is 1. The van der Waals surface area contributed by atoms with Crippen molar-refractivity contribution in [2.75, 3.05) is 25.5 Å². The average molecular weight is 306 g/mol. The topological polar surface area (TPSA) is 64.3 Å². The molecule has 0 aliphatic rings. The number of nitrogen functional groups attached to an aromatic ring is 1. The van der Waals surface area contributed by atoms with Gasteiger partial charge in [-0.05, 0) is 31.9 Å². The second kappa shape index (κ2) is 7.43. The van der Waals surface area contributed by atoms with Crippen LogP contribution in [0.1, 0.15) is 35.0 Å². The number of hydrogen-bond donors (Lipinski definition) is 2. The van der Waals surface area contributed by atoms with Crippen LogP contribution in [0, 0.1) is 6.92 Å². The minimum absolute atomic E-state index is 0.0955. The van der Waals surface area contributed by atoms with E-state index in [0.29, 0.717) is 23.7 Å². The van der Waals surface area contributed by atoms with Gasteiger partial charge in [0, 0.05) is 29.8 Å². The monoisotopic (exact) mass is 306 g/mol. The Bertz CT molecular complexity index is 622. The molecule has 0 saturated heterocycles. The molecule has 0 bridgehead atoms. The standard InChI is InChI=1S/C16H22N2O2S/c1-3-8-20-9-4-7-18-16(19)15-14(17)12-10-11(2)5-6-13(12)21-15/h5-6,10H,3-4,7-9,17H2,1-2H3,(H,18,19). The first-order valence-corrected chi connectivity index (χ1v) is 8.09. The van der Waals surface area contributed by atoms with Crippen LogP contribution in [0.25, 0.3) is 10.1 Å². The fourth-order valence-electron chi connectivity index (χ4n) is 2.10. The summed E-state index contributed by atoms with van der Waals surface area (Å²) in [5, 5.41) is 3.87. The van der Waals surface area contributed by atoms with Gasteiger partial charge in [-0.25, -0.2) is 0 Å². The first-order valence-electron chi connectivity index (χ1n) is 7.28.